The maximum absolute atomic E-state index is 13.0. The third kappa shape index (κ3) is 4.68. The number of hydrogen-bond acceptors (Lipinski definition) is 4. The molecule has 0 radical (unpaired) electrons. The Balaban J connectivity index is 1.67. The number of hydrogen-bond donors (Lipinski definition) is 3. The molecule has 6 nitrogen and oxygen atoms in total. The first-order valence-electron chi connectivity index (χ1n) is 8.80. The van der Waals surface area contributed by atoms with Crippen molar-refractivity contribution < 1.29 is 9.59 Å². The predicted molar refractivity (Wildman–Crippen MR) is 99.5 cm³/mol. The molecule has 1 aliphatic rings. The molecule has 2 unspecified atom stereocenters. The van der Waals surface area contributed by atoms with Crippen molar-refractivity contribution >= 4 is 11.8 Å². The molecule has 2 amide bonds. The Hall–Kier alpha value is -2.70. The lowest BCUT2D eigenvalue weighted by molar-refractivity contribution is -0.134. The molecule has 0 spiro atoms. The van der Waals surface area contributed by atoms with Crippen molar-refractivity contribution in [3.8, 4) is 0 Å². The van der Waals surface area contributed by atoms with Crippen molar-refractivity contribution in [1.82, 2.24) is 15.8 Å². The Morgan fingerprint density at radius 1 is 1.00 bits per heavy atom. The number of primary amides is 1. The highest BCUT2D eigenvalue weighted by Crippen LogP contribution is 2.23. The summed E-state index contributed by atoms with van der Waals surface area (Å²) in [5.41, 5.74) is 13.7. The van der Waals surface area contributed by atoms with Gasteiger partial charge in [0.05, 0.1) is 0 Å². The van der Waals surface area contributed by atoms with Crippen LogP contribution in [0.1, 0.15) is 30.0 Å². The zero-order chi connectivity index (χ0) is 18.4. The van der Waals surface area contributed by atoms with Gasteiger partial charge in [-0.25, -0.2) is 10.9 Å². The fourth-order valence-corrected chi connectivity index (χ4v) is 3.16. The van der Waals surface area contributed by atoms with Crippen molar-refractivity contribution in [3.63, 3.8) is 0 Å². The number of nitrogens with one attached hydrogen (secondary N) is 2. The van der Waals surface area contributed by atoms with E-state index < -0.39 is 5.91 Å². The first-order chi connectivity index (χ1) is 12.6. The van der Waals surface area contributed by atoms with E-state index in [1.807, 2.05) is 60.7 Å². The molecule has 0 bridgehead atoms. The summed E-state index contributed by atoms with van der Waals surface area (Å²) in [5.74, 6) is -0.434. The molecular formula is C20H24N4O2. The van der Waals surface area contributed by atoms with Crippen LogP contribution in [-0.2, 0) is 16.1 Å². The van der Waals surface area contributed by atoms with Gasteiger partial charge in [-0.2, -0.15) is 0 Å². The number of amides is 2. The Morgan fingerprint density at radius 2 is 1.65 bits per heavy atom. The Kier molecular flexibility index (Phi) is 5.99. The van der Waals surface area contributed by atoms with E-state index in [0.717, 1.165) is 11.1 Å². The molecule has 2 atom stereocenters. The minimum atomic E-state index is -0.407. The van der Waals surface area contributed by atoms with Crippen LogP contribution in [0.15, 0.2) is 60.7 Å². The third-order valence-electron chi connectivity index (χ3n) is 4.56. The van der Waals surface area contributed by atoms with E-state index in [9.17, 15) is 9.59 Å². The molecule has 0 aliphatic carbocycles. The fraction of sp³-hybridized carbons (Fsp3) is 0.300. The summed E-state index contributed by atoms with van der Waals surface area (Å²) in [6.45, 7) is 0.776. The molecule has 3 rings (SSSR count). The SMILES string of the molecule is NC(=O)CCN(Cc1ccccc1)C(=O)C1CC(c2ccccc2)NN1. The van der Waals surface area contributed by atoms with Gasteiger partial charge in [0.2, 0.25) is 11.8 Å². The van der Waals surface area contributed by atoms with Gasteiger partial charge in [0.25, 0.3) is 0 Å². The molecule has 1 fully saturated rings. The largest absolute Gasteiger partial charge is 0.370 e. The summed E-state index contributed by atoms with van der Waals surface area (Å²) < 4.78 is 0. The quantitative estimate of drug-likeness (QED) is 0.705. The van der Waals surface area contributed by atoms with Gasteiger partial charge >= 0.3 is 0 Å². The van der Waals surface area contributed by atoms with Crippen LogP contribution in [0.5, 0.6) is 0 Å². The number of rotatable bonds is 7. The fourth-order valence-electron chi connectivity index (χ4n) is 3.16. The molecule has 6 heteroatoms. The van der Waals surface area contributed by atoms with E-state index in [1.165, 1.54) is 0 Å². The van der Waals surface area contributed by atoms with Crippen molar-refractivity contribution in [2.75, 3.05) is 6.54 Å². The summed E-state index contributed by atoms with van der Waals surface area (Å²) in [5, 5.41) is 0. The summed E-state index contributed by atoms with van der Waals surface area (Å²) in [6.07, 6.45) is 0.811. The van der Waals surface area contributed by atoms with Gasteiger partial charge in [0, 0.05) is 25.6 Å². The second-order valence-corrected chi connectivity index (χ2v) is 6.50. The van der Waals surface area contributed by atoms with E-state index in [0.29, 0.717) is 19.5 Å². The zero-order valence-corrected chi connectivity index (χ0v) is 14.6. The first kappa shape index (κ1) is 18.1. The highest BCUT2D eigenvalue weighted by atomic mass is 16.2. The molecule has 2 aromatic rings. The van der Waals surface area contributed by atoms with E-state index in [2.05, 4.69) is 10.9 Å². The molecule has 0 aromatic heterocycles. The average molecular weight is 352 g/mol. The zero-order valence-electron chi connectivity index (χ0n) is 14.6. The molecule has 1 aliphatic heterocycles. The highest BCUT2D eigenvalue weighted by molar-refractivity contribution is 5.83. The van der Waals surface area contributed by atoms with Crippen molar-refractivity contribution in [3.05, 3.63) is 71.8 Å². The van der Waals surface area contributed by atoms with Crippen LogP contribution in [0.25, 0.3) is 0 Å². The van der Waals surface area contributed by atoms with Gasteiger partial charge in [0.1, 0.15) is 6.04 Å². The van der Waals surface area contributed by atoms with Crippen LogP contribution in [-0.4, -0.2) is 29.3 Å². The topological polar surface area (TPSA) is 87.5 Å². The summed E-state index contributed by atoms with van der Waals surface area (Å²) in [4.78, 5) is 25.9. The first-order valence-corrected chi connectivity index (χ1v) is 8.80. The van der Waals surface area contributed by atoms with Crippen LogP contribution in [0.2, 0.25) is 0 Å². The third-order valence-corrected chi connectivity index (χ3v) is 4.56. The minimum Gasteiger partial charge on any atom is -0.370 e. The highest BCUT2D eigenvalue weighted by Gasteiger charge is 2.32. The van der Waals surface area contributed by atoms with Gasteiger partial charge in [-0.1, -0.05) is 60.7 Å². The monoisotopic (exact) mass is 352 g/mol. The van der Waals surface area contributed by atoms with Crippen molar-refractivity contribution in [2.45, 2.75) is 31.5 Å². The average Bonchev–Trinajstić information content (AvgIpc) is 3.16. The normalized spacial score (nSPS) is 19.2. The number of nitrogens with zero attached hydrogens (tertiary/aromatic N) is 1. The lowest BCUT2D eigenvalue weighted by Gasteiger charge is -2.25. The summed E-state index contributed by atoms with van der Waals surface area (Å²) >= 11 is 0. The molecule has 26 heavy (non-hydrogen) atoms. The van der Waals surface area contributed by atoms with Crippen molar-refractivity contribution in [2.24, 2.45) is 5.73 Å². The molecule has 4 N–H and O–H groups in total. The Labute approximate surface area is 153 Å². The smallest absolute Gasteiger partial charge is 0.241 e. The second kappa shape index (κ2) is 8.60. The molecule has 2 aromatic carbocycles. The van der Waals surface area contributed by atoms with Gasteiger partial charge in [0.15, 0.2) is 0 Å². The second-order valence-electron chi connectivity index (χ2n) is 6.50. The molecule has 136 valence electrons. The minimum absolute atomic E-state index is 0.0268. The predicted octanol–water partition coefficient (Wildman–Crippen LogP) is 1.50. The van der Waals surface area contributed by atoms with E-state index in [4.69, 9.17) is 5.73 Å². The van der Waals surface area contributed by atoms with Crippen LogP contribution in [0.3, 0.4) is 0 Å². The molecule has 0 saturated carbocycles. The lowest BCUT2D eigenvalue weighted by Crippen LogP contribution is -2.46. The molecule has 1 saturated heterocycles. The molecule has 1 heterocycles. The summed E-state index contributed by atoms with van der Waals surface area (Å²) in [6, 6.07) is 19.5. The number of carbonyl (C=O) groups is 2. The van der Waals surface area contributed by atoms with Crippen LogP contribution < -0.4 is 16.6 Å². The number of nitrogens with two attached hydrogens (primary N) is 1. The van der Waals surface area contributed by atoms with E-state index >= 15 is 0 Å². The van der Waals surface area contributed by atoms with Gasteiger partial charge < -0.3 is 10.6 Å². The standard InChI is InChI=1S/C20H24N4O2/c21-19(25)11-12-24(14-15-7-3-1-4-8-15)20(26)18-13-17(22-23-18)16-9-5-2-6-10-16/h1-10,17-18,22-23H,11-14H2,(H2,21,25). The Bertz CT molecular complexity index is 736. The van der Waals surface area contributed by atoms with Gasteiger partial charge in [-0.15, -0.1) is 0 Å². The van der Waals surface area contributed by atoms with E-state index in [1.54, 1.807) is 4.90 Å². The van der Waals surface area contributed by atoms with Crippen LogP contribution in [0, 0.1) is 0 Å². The van der Waals surface area contributed by atoms with Crippen LogP contribution >= 0.6 is 0 Å². The number of carbonyl (C=O) groups excluding carboxylic acids is 2. The van der Waals surface area contributed by atoms with Gasteiger partial charge in [-0.3, -0.25) is 9.59 Å². The number of benzene rings is 2. The maximum atomic E-state index is 13.0. The maximum Gasteiger partial charge on any atom is 0.241 e. The van der Waals surface area contributed by atoms with E-state index in [-0.39, 0.29) is 24.4 Å². The van der Waals surface area contributed by atoms with Gasteiger partial charge in [-0.05, 0) is 17.5 Å². The summed E-state index contributed by atoms with van der Waals surface area (Å²) in [7, 11) is 0. The van der Waals surface area contributed by atoms with Crippen LogP contribution in [0.4, 0.5) is 0 Å². The van der Waals surface area contributed by atoms with Crippen molar-refractivity contribution in [1.29, 1.82) is 0 Å². The lowest BCUT2D eigenvalue weighted by atomic mass is 10.0. The number of hydrazine groups is 1. The Morgan fingerprint density at radius 3 is 2.31 bits per heavy atom. The molecular weight excluding hydrogens is 328 g/mol.